The molecule has 2 aliphatic heterocycles. The van der Waals surface area contributed by atoms with E-state index in [1.54, 1.807) is 23.7 Å². The molecule has 2 aliphatic carbocycles. The molecular formula is C43H48F3N9O5. The van der Waals surface area contributed by atoms with Gasteiger partial charge in [0.1, 0.15) is 23.2 Å². The maximum atomic E-state index is 13.4. The number of methoxy groups -OCH3 is 1. The summed E-state index contributed by atoms with van der Waals surface area (Å²) in [6.07, 6.45) is 6.49. The number of imide groups is 1. The van der Waals surface area contributed by atoms with Crippen molar-refractivity contribution in [3.8, 4) is 5.75 Å². The van der Waals surface area contributed by atoms with Gasteiger partial charge >= 0.3 is 11.9 Å². The van der Waals surface area contributed by atoms with Gasteiger partial charge in [0.25, 0.3) is 5.91 Å². The lowest BCUT2D eigenvalue weighted by molar-refractivity contribution is -0.141. The van der Waals surface area contributed by atoms with Gasteiger partial charge in [-0.3, -0.25) is 33.5 Å². The summed E-state index contributed by atoms with van der Waals surface area (Å²) in [5.74, 6) is -0.561. The van der Waals surface area contributed by atoms with Gasteiger partial charge in [0.05, 0.1) is 41.1 Å². The van der Waals surface area contributed by atoms with Crippen molar-refractivity contribution in [3.63, 3.8) is 0 Å². The minimum absolute atomic E-state index is 0.203. The smallest absolute Gasteiger partial charge is 0.433 e. The van der Waals surface area contributed by atoms with Crippen molar-refractivity contribution in [3.05, 3.63) is 76.6 Å². The average Bonchev–Trinajstić information content (AvgIpc) is 3.75. The quantitative estimate of drug-likeness (QED) is 0.143. The molecule has 60 heavy (non-hydrogen) atoms. The van der Waals surface area contributed by atoms with E-state index < -0.39 is 29.7 Å². The molecule has 3 N–H and O–H groups in total. The third-order valence-corrected chi connectivity index (χ3v) is 13.3. The van der Waals surface area contributed by atoms with Crippen molar-refractivity contribution in [1.29, 1.82) is 0 Å². The first-order valence-corrected chi connectivity index (χ1v) is 20.7. The molecule has 1 atom stereocenters. The summed E-state index contributed by atoms with van der Waals surface area (Å²) in [4.78, 5) is 56.8. The highest BCUT2D eigenvalue weighted by Crippen LogP contribution is 2.50. The number of hydrogen-bond acceptors (Lipinski definition) is 9. The molecule has 5 aromatic rings. The zero-order valence-corrected chi connectivity index (χ0v) is 33.6. The Kier molecular flexibility index (Phi) is 10.2. The number of alkyl halides is 3. The van der Waals surface area contributed by atoms with Crippen LogP contribution in [0.3, 0.4) is 0 Å². The van der Waals surface area contributed by atoms with Crippen LogP contribution in [0.5, 0.6) is 5.75 Å². The number of pyridine rings is 1. The molecule has 1 spiro atoms. The second kappa shape index (κ2) is 15.4. The second-order valence-electron chi connectivity index (χ2n) is 17.2. The van der Waals surface area contributed by atoms with Crippen LogP contribution < -0.4 is 26.4 Å². The third kappa shape index (κ3) is 7.52. The van der Waals surface area contributed by atoms with Crippen LogP contribution in [-0.2, 0) is 22.8 Å². The van der Waals surface area contributed by atoms with E-state index >= 15 is 0 Å². The summed E-state index contributed by atoms with van der Waals surface area (Å²) < 4.78 is 50.2. The molecule has 3 amide bonds. The Morgan fingerprint density at radius 2 is 1.73 bits per heavy atom. The number of amides is 3. The number of nitrogens with zero attached hydrogens (tertiary/aromatic N) is 6. The number of aromatic nitrogens is 5. The number of carbonyl (C=O) groups is 3. The van der Waals surface area contributed by atoms with Crippen molar-refractivity contribution >= 4 is 51.0 Å². The number of anilines is 2. The van der Waals surface area contributed by atoms with Crippen LogP contribution in [-0.4, -0.2) is 79.3 Å². The highest BCUT2D eigenvalue weighted by molar-refractivity contribution is 6.05. The van der Waals surface area contributed by atoms with Gasteiger partial charge in [0.15, 0.2) is 0 Å². The third-order valence-electron chi connectivity index (χ3n) is 13.3. The Balaban J connectivity index is 0.763. The van der Waals surface area contributed by atoms with E-state index in [4.69, 9.17) is 9.84 Å². The first kappa shape index (κ1) is 39.7. The van der Waals surface area contributed by atoms with Crippen molar-refractivity contribution in [2.75, 3.05) is 37.4 Å². The number of ether oxygens (including phenoxy) is 1. The predicted octanol–water partition coefficient (Wildman–Crippen LogP) is 6.43. The first-order valence-electron chi connectivity index (χ1n) is 20.7. The van der Waals surface area contributed by atoms with E-state index in [1.807, 2.05) is 29.1 Å². The van der Waals surface area contributed by atoms with Crippen molar-refractivity contribution in [2.24, 2.45) is 18.4 Å². The zero-order chi connectivity index (χ0) is 41.9. The minimum atomic E-state index is -4.67. The number of imidazole rings is 1. The highest BCUT2D eigenvalue weighted by atomic mass is 19.4. The van der Waals surface area contributed by atoms with Crippen molar-refractivity contribution in [2.45, 2.75) is 88.5 Å². The molecule has 9 rings (SSSR count). The molecule has 1 unspecified atom stereocenters. The molecule has 14 nitrogen and oxygen atoms in total. The summed E-state index contributed by atoms with van der Waals surface area (Å²) >= 11 is 0. The number of likely N-dealkylation sites (tertiary alicyclic amines) is 1. The Labute approximate surface area is 343 Å². The largest absolute Gasteiger partial charge is 0.494 e. The summed E-state index contributed by atoms with van der Waals surface area (Å²) in [6.45, 7) is 3.26. The second-order valence-corrected chi connectivity index (χ2v) is 17.2. The molecule has 3 aromatic heterocycles. The van der Waals surface area contributed by atoms with Gasteiger partial charge in [0.2, 0.25) is 11.8 Å². The number of halogens is 3. The molecular weight excluding hydrogens is 780 g/mol. The van der Waals surface area contributed by atoms with E-state index in [-0.39, 0.29) is 29.8 Å². The summed E-state index contributed by atoms with van der Waals surface area (Å²) in [5, 5.41) is 14.4. The lowest BCUT2D eigenvalue weighted by atomic mass is 9.60. The van der Waals surface area contributed by atoms with E-state index in [2.05, 4.69) is 25.8 Å². The van der Waals surface area contributed by atoms with Gasteiger partial charge in [-0.05, 0) is 113 Å². The average molecular weight is 828 g/mol. The molecule has 2 saturated carbocycles. The summed E-state index contributed by atoms with van der Waals surface area (Å²) in [7, 11) is 3.19. The number of piperidine rings is 2. The van der Waals surface area contributed by atoms with Crippen LogP contribution >= 0.6 is 0 Å². The molecule has 2 saturated heterocycles. The monoisotopic (exact) mass is 827 g/mol. The maximum absolute atomic E-state index is 13.4. The Hall–Kier alpha value is -5.71. The number of para-hydroxylation sites is 1. The SMILES string of the molecule is COc1cc2nn(C3CCC(CN4CCC5(CC4)CC(Nc4cccc6c4n(C)c(=O)n6C4CCC(=O)NC4=O)C5)CC3)cc2cc1NC(=O)c1cccc(C(F)(F)F)n1. The van der Waals surface area contributed by atoms with Crippen molar-refractivity contribution in [1.82, 2.24) is 34.1 Å². The fraction of sp³-hybridized carbons (Fsp3) is 0.488. The fourth-order valence-corrected chi connectivity index (χ4v) is 10.1. The summed E-state index contributed by atoms with van der Waals surface area (Å²) in [5.41, 5.74) is 1.93. The molecule has 5 heterocycles. The van der Waals surface area contributed by atoms with Gasteiger partial charge in [0, 0.05) is 43.7 Å². The van der Waals surface area contributed by atoms with E-state index in [1.165, 1.54) is 17.7 Å². The molecule has 4 fully saturated rings. The number of benzene rings is 2. The standard InChI is InChI=1S/C43H48F3N9O5/c1-52-38-29(5-3-7-33(38)55(41(52)59)34-13-14-37(56)50-40(34)58)47-27-21-42(22-27)15-17-53(18-16-42)23-25-9-11-28(12-10-25)54-24-26-19-32(35(60-2)20-31(26)51-54)49-39(57)30-6-4-8-36(48-30)43(44,45)46/h3-8,19-20,24-25,27-28,34,47H,9-18,21-23H2,1-2H3,(H,49,57)(H,50,56,58). The topological polar surface area (TPSA) is 157 Å². The number of nitrogens with one attached hydrogen (secondary N) is 3. The maximum Gasteiger partial charge on any atom is 0.433 e. The molecule has 316 valence electrons. The minimum Gasteiger partial charge on any atom is -0.494 e. The van der Waals surface area contributed by atoms with Gasteiger partial charge < -0.3 is 20.3 Å². The van der Waals surface area contributed by atoms with E-state index in [0.717, 1.165) is 99.7 Å². The van der Waals surface area contributed by atoms with Crippen molar-refractivity contribution < 1.29 is 32.3 Å². The van der Waals surface area contributed by atoms with Gasteiger partial charge in [-0.1, -0.05) is 12.1 Å². The normalized spacial score (nSPS) is 22.5. The first-order chi connectivity index (χ1) is 28.8. The van der Waals surface area contributed by atoms with E-state index in [9.17, 15) is 32.3 Å². The fourth-order valence-electron chi connectivity index (χ4n) is 10.1. The van der Waals surface area contributed by atoms with Crippen LogP contribution in [0, 0.1) is 11.3 Å². The number of fused-ring (bicyclic) bond motifs is 2. The lowest BCUT2D eigenvalue weighted by Gasteiger charge is -2.53. The van der Waals surface area contributed by atoms with Crippen LogP contribution in [0.2, 0.25) is 0 Å². The Bertz CT molecular complexity index is 2540. The van der Waals surface area contributed by atoms with Crippen LogP contribution in [0.4, 0.5) is 24.5 Å². The van der Waals surface area contributed by atoms with Crippen LogP contribution in [0.15, 0.2) is 59.5 Å². The van der Waals surface area contributed by atoms with Gasteiger partial charge in [-0.2, -0.15) is 18.3 Å². The van der Waals surface area contributed by atoms with E-state index in [0.29, 0.717) is 46.3 Å². The Morgan fingerprint density at radius 3 is 2.45 bits per heavy atom. The zero-order valence-electron chi connectivity index (χ0n) is 33.6. The lowest BCUT2D eigenvalue weighted by Crippen LogP contribution is -2.52. The molecule has 0 bridgehead atoms. The molecule has 0 radical (unpaired) electrons. The number of hydrogen-bond donors (Lipinski definition) is 3. The molecule has 17 heteroatoms. The van der Waals surface area contributed by atoms with Crippen LogP contribution in [0.1, 0.15) is 92.5 Å². The van der Waals surface area contributed by atoms with Gasteiger partial charge in [-0.25, -0.2) is 9.78 Å². The highest BCUT2D eigenvalue weighted by Gasteiger charge is 2.46. The molecule has 2 aromatic carbocycles. The van der Waals surface area contributed by atoms with Gasteiger partial charge in [-0.15, -0.1) is 0 Å². The molecule has 4 aliphatic rings. The number of aryl methyl sites for hydroxylation is 1. The number of rotatable bonds is 9. The number of carbonyl (C=O) groups excluding carboxylic acids is 3. The predicted molar refractivity (Wildman–Crippen MR) is 218 cm³/mol. The summed E-state index contributed by atoms with van der Waals surface area (Å²) in [6, 6.07) is 12.3. The van der Waals surface area contributed by atoms with Crippen LogP contribution in [0.25, 0.3) is 21.9 Å². The Morgan fingerprint density at radius 1 is 0.983 bits per heavy atom.